The lowest BCUT2D eigenvalue weighted by Crippen LogP contribution is -2.41. The van der Waals surface area contributed by atoms with Gasteiger partial charge in [0.25, 0.3) is 0 Å². The second-order valence-electron chi connectivity index (χ2n) is 6.76. The predicted molar refractivity (Wildman–Crippen MR) is 88.4 cm³/mol. The molecule has 116 valence electrons. The highest BCUT2D eigenvalue weighted by molar-refractivity contribution is 5.28. The van der Waals surface area contributed by atoms with Crippen molar-refractivity contribution in [3.63, 3.8) is 0 Å². The van der Waals surface area contributed by atoms with Gasteiger partial charge in [0.05, 0.1) is 0 Å². The van der Waals surface area contributed by atoms with Crippen LogP contribution in [0, 0.1) is 6.92 Å². The molecule has 2 saturated heterocycles. The van der Waals surface area contributed by atoms with Crippen LogP contribution in [0.1, 0.15) is 42.9 Å². The van der Waals surface area contributed by atoms with E-state index >= 15 is 0 Å². The van der Waals surface area contributed by atoms with E-state index in [4.69, 9.17) is 5.73 Å². The molecular weight excluding hydrogens is 258 g/mol. The molecule has 2 aliphatic heterocycles. The second kappa shape index (κ2) is 6.91. The summed E-state index contributed by atoms with van der Waals surface area (Å²) >= 11 is 0. The largest absolute Gasteiger partial charge is 0.323 e. The van der Waals surface area contributed by atoms with Gasteiger partial charge in [-0.1, -0.05) is 30.7 Å². The topological polar surface area (TPSA) is 32.5 Å². The molecule has 0 radical (unpaired) electrons. The fraction of sp³-hybridized carbons (Fsp3) is 0.667. The lowest BCUT2D eigenvalue weighted by atomic mass is 10.0. The van der Waals surface area contributed by atoms with Crippen LogP contribution >= 0.6 is 0 Å². The lowest BCUT2D eigenvalue weighted by molar-refractivity contribution is 0.161. The van der Waals surface area contributed by atoms with E-state index in [1.54, 1.807) is 0 Å². The van der Waals surface area contributed by atoms with Crippen LogP contribution in [0.25, 0.3) is 0 Å². The maximum Gasteiger partial charge on any atom is 0.0426 e. The Bertz CT molecular complexity index is 454. The molecule has 2 unspecified atom stereocenters. The van der Waals surface area contributed by atoms with Crippen LogP contribution in [-0.4, -0.2) is 48.6 Å². The monoisotopic (exact) mass is 287 g/mol. The molecule has 2 atom stereocenters. The third-order valence-corrected chi connectivity index (χ3v) is 5.20. The van der Waals surface area contributed by atoms with Crippen molar-refractivity contribution in [1.29, 1.82) is 0 Å². The van der Waals surface area contributed by atoms with Gasteiger partial charge in [0.15, 0.2) is 0 Å². The highest BCUT2D eigenvalue weighted by Gasteiger charge is 2.29. The number of hydrogen-bond acceptors (Lipinski definition) is 3. The minimum Gasteiger partial charge on any atom is -0.323 e. The fourth-order valence-corrected chi connectivity index (χ4v) is 3.94. The Morgan fingerprint density at radius 3 is 2.67 bits per heavy atom. The van der Waals surface area contributed by atoms with Crippen LogP contribution in [0.5, 0.6) is 0 Å². The quantitative estimate of drug-likeness (QED) is 0.924. The second-order valence-corrected chi connectivity index (χ2v) is 6.76. The van der Waals surface area contributed by atoms with Gasteiger partial charge in [-0.25, -0.2) is 0 Å². The molecule has 0 aliphatic carbocycles. The minimum absolute atomic E-state index is 0.145. The highest BCUT2D eigenvalue weighted by Crippen LogP contribution is 2.23. The maximum absolute atomic E-state index is 6.44. The van der Waals surface area contributed by atoms with Gasteiger partial charge in [-0.3, -0.25) is 9.80 Å². The van der Waals surface area contributed by atoms with Crippen LogP contribution in [0.15, 0.2) is 24.3 Å². The van der Waals surface area contributed by atoms with Gasteiger partial charge in [0, 0.05) is 25.2 Å². The van der Waals surface area contributed by atoms with E-state index in [2.05, 4.69) is 41.0 Å². The Morgan fingerprint density at radius 2 is 1.90 bits per heavy atom. The van der Waals surface area contributed by atoms with E-state index in [-0.39, 0.29) is 6.04 Å². The molecule has 3 rings (SSSR count). The summed E-state index contributed by atoms with van der Waals surface area (Å²) in [6.45, 7) is 8.19. The molecule has 0 bridgehead atoms. The van der Waals surface area contributed by atoms with Gasteiger partial charge >= 0.3 is 0 Å². The predicted octanol–water partition coefficient (Wildman–Crippen LogP) is 2.56. The van der Waals surface area contributed by atoms with Crippen LogP contribution in [-0.2, 0) is 0 Å². The Labute approximate surface area is 129 Å². The fourth-order valence-electron chi connectivity index (χ4n) is 3.94. The van der Waals surface area contributed by atoms with Crippen molar-refractivity contribution in [3.8, 4) is 0 Å². The number of aryl methyl sites for hydroxylation is 1. The third-order valence-electron chi connectivity index (χ3n) is 5.20. The lowest BCUT2D eigenvalue weighted by Gasteiger charge is -2.32. The number of nitrogens with two attached hydrogens (primary N) is 1. The molecule has 0 amide bonds. The Morgan fingerprint density at radius 1 is 1.14 bits per heavy atom. The van der Waals surface area contributed by atoms with Crippen LogP contribution < -0.4 is 5.73 Å². The Hall–Kier alpha value is -0.900. The normalized spacial score (nSPS) is 26.1. The van der Waals surface area contributed by atoms with Gasteiger partial charge in [0.1, 0.15) is 0 Å². The third kappa shape index (κ3) is 3.65. The summed E-state index contributed by atoms with van der Waals surface area (Å²) < 4.78 is 0. The van der Waals surface area contributed by atoms with Crippen molar-refractivity contribution in [2.24, 2.45) is 5.73 Å². The van der Waals surface area contributed by atoms with E-state index in [1.807, 2.05) is 0 Å². The van der Waals surface area contributed by atoms with Gasteiger partial charge in [-0.05, 0) is 56.9 Å². The number of benzene rings is 1. The van der Waals surface area contributed by atoms with Gasteiger partial charge in [-0.15, -0.1) is 0 Å². The molecule has 2 fully saturated rings. The molecule has 3 heteroatoms. The average Bonchev–Trinajstić information content (AvgIpc) is 2.97. The Balaban J connectivity index is 1.53. The average molecular weight is 287 g/mol. The summed E-state index contributed by atoms with van der Waals surface area (Å²) in [6, 6.07) is 9.45. The summed E-state index contributed by atoms with van der Waals surface area (Å²) in [4.78, 5) is 5.28. The molecule has 0 aromatic heterocycles. The molecule has 2 heterocycles. The van der Waals surface area contributed by atoms with Crippen LogP contribution in [0.4, 0.5) is 0 Å². The number of likely N-dealkylation sites (tertiary alicyclic amines) is 2. The van der Waals surface area contributed by atoms with E-state index in [1.165, 1.54) is 63.0 Å². The summed E-state index contributed by atoms with van der Waals surface area (Å²) in [5.74, 6) is 0. The summed E-state index contributed by atoms with van der Waals surface area (Å²) in [6.07, 6.45) is 5.52. The molecule has 2 aliphatic rings. The smallest absolute Gasteiger partial charge is 0.0426 e. The Kier molecular flexibility index (Phi) is 4.94. The molecule has 0 saturated carbocycles. The van der Waals surface area contributed by atoms with E-state index in [0.29, 0.717) is 0 Å². The first kappa shape index (κ1) is 15.0. The summed E-state index contributed by atoms with van der Waals surface area (Å²) in [5, 5.41) is 0. The minimum atomic E-state index is 0.145. The van der Waals surface area contributed by atoms with Gasteiger partial charge in [-0.2, -0.15) is 0 Å². The zero-order valence-electron chi connectivity index (χ0n) is 13.3. The van der Waals surface area contributed by atoms with Crippen LogP contribution in [0.3, 0.4) is 0 Å². The maximum atomic E-state index is 6.44. The first-order valence-electron chi connectivity index (χ1n) is 8.51. The van der Waals surface area contributed by atoms with E-state index < -0.39 is 0 Å². The first-order chi connectivity index (χ1) is 10.2. The van der Waals surface area contributed by atoms with Crippen molar-refractivity contribution >= 4 is 0 Å². The molecule has 1 aromatic carbocycles. The zero-order chi connectivity index (χ0) is 14.7. The van der Waals surface area contributed by atoms with Crippen molar-refractivity contribution in [2.75, 3.05) is 32.7 Å². The van der Waals surface area contributed by atoms with Gasteiger partial charge < -0.3 is 5.73 Å². The van der Waals surface area contributed by atoms with Crippen molar-refractivity contribution in [3.05, 3.63) is 35.4 Å². The number of rotatable bonds is 4. The molecular formula is C18H29N3. The molecule has 0 spiro atoms. The SMILES string of the molecule is Cc1ccccc1C(N)CN1CCC(N2CCCCC2)C1. The molecule has 21 heavy (non-hydrogen) atoms. The molecule has 3 nitrogen and oxygen atoms in total. The molecule has 1 aromatic rings. The zero-order valence-corrected chi connectivity index (χ0v) is 13.3. The first-order valence-corrected chi connectivity index (χ1v) is 8.51. The van der Waals surface area contributed by atoms with Crippen molar-refractivity contribution < 1.29 is 0 Å². The van der Waals surface area contributed by atoms with E-state index in [9.17, 15) is 0 Å². The van der Waals surface area contributed by atoms with Crippen molar-refractivity contribution in [2.45, 2.75) is 44.7 Å². The van der Waals surface area contributed by atoms with Crippen molar-refractivity contribution in [1.82, 2.24) is 9.80 Å². The number of piperidine rings is 1. The highest BCUT2D eigenvalue weighted by atomic mass is 15.3. The molecule has 2 N–H and O–H groups in total. The van der Waals surface area contributed by atoms with Crippen LogP contribution in [0.2, 0.25) is 0 Å². The van der Waals surface area contributed by atoms with E-state index in [0.717, 1.165) is 12.6 Å². The summed E-state index contributed by atoms with van der Waals surface area (Å²) in [7, 11) is 0. The van der Waals surface area contributed by atoms with Gasteiger partial charge in [0.2, 0.25) is 0 Å². The number of hydrogen-bond donors (Lipinski definition) is 1. The standard InChI is InChI=1S/C18H29N3/c1-15-7-3-4-8-17(15)18(19)14-20-12-9-16(13-20)21-10-5-2-6-11-21/h3-4,7-8,16,18H,2,5-6,9-14,19H2,1H3. The summed E-state index contributed by atoms with van der Waals surface area (Å²) in [5.41, 5.74) is 9.07. The number of nitrogens with zero attached hydrogens (tertiary/aromatic N) is 2.